The predicted octanol–water partition coefficient (Wildman–Crippen LogP) is 3.51. The zero-order valence-corrected chi connectivity index (χ0v) is 15.8. The largest absolute Gasteiger partial charge is 0.494 e. The molecule has 0 spiro atoms. The van der Waals surface area contributed by atoms with Crippen molar-refractivity contribution in [3.8, 4) is 22.7 Å². The molecule has 2 aromatic carbocycles. The van der Waals surface area contributed by atoms with E-state index in [1.54, 1.807) is 36.4 Å². The number of para-hydroxylation sites is 1. The van der Waals surface area contributed by atoms with Crippen LogP contribution in [0.5, 0.6) is 5.75 Å². The minimum atomic E-state index is -0.691. The third kappa shape index (κ3) is 3.59. The molecule has 0 fully saturated rings. The Morgan fingerprint density at radius 1 is 0.964 bits per heavy atom. The van der Waals surface area contributed by atoms with Gasteiger partial charge >= 0.3 is 11.9 Å². The van der Waals surface area contributed by atoms with E-state index in [9.17, 15) is 9.59 Å². The first-order valence-electron chi connectivity index (χ1n) is 8.69. The average molecular weight is 380 g/mol. The van der Waals surface area contributed by atoms with Crippen LogP contribution in [0, 0.1) is 0 Å². The van der Waals surface area contributed by atoms with Gasteiger partial charge in [0.25, 0.3) is 0 Å². The Kier molecular flexibility index (Phi) is 5.74. The highest BCUT2D eigenvalue weighted by Gasteiger charge is 2.31. The van der Waals surface area contributed by atoms with Gasteiger partial charge in [-0.15, -0.1) is 0 Å². The molecule has 0 radical (unpaired) electrons. The molecule has 28 heavy (non-hydrogen) atoms. The van der Waals surface area contributed by atoms with E-state index in [-0.39, 0.29) is 11.3 Å². The summed E-state index contributed by atoms with van der Waals surface area (Å²) in [5, 5.41) is 4.55. The van der Waals surface area contributed by atoms with E-state index in [2.05, 4.69) is 5.10 Å². The summed E-state index contributed by atoms with van der Waals surface area (Å²) in [5.74, 6) is -0.743. The van der Waals surface area contributed by atoms with E-state index in [1.807, 2.05) is 25.1 Å². The number of aromatic nitrogens is 2. The molecule has 3 rings (SSSR count). The number of esters is 2. The van der Waals surface area contributed by atoms with Crippen LogP contribution in [0.15, 0.2) is 54.6 Å². The molecule has 0 saturated heterocycles. The zero-order valence-electron chi connectivity index (χ0n) is 15.8. The van der Waals surface area contributed by atoms with Gasteiger partial charge in [0.15, 0.2) is 5.69 Å². The molecule has 0 atom stereocenters. The highest BCUT2D eigenvalue weighted by Crippen LogP contribution is 2.31. The summed E-state index contributed by atoms with van der Waals surface area (Å²) in [6, 6.07) is 16.2. The Morgan fingerprint density at radius 2 is 1.68 bits per heavy atom. The highest BCUT2D eigenvalue weighted by molar-refractivity contribution is 6.06. The number of hydrogen-bond acceptors (Lipinski definition) is 6. The smallest absolute Gasteiger partial charge is 0.357 e. The topological polar surface area (TPSA) is 79.7 Å². The van der Waals surface area contributed by atoms with Gasteiger partial charge in [0.1, 0.15) is 17.0 Å². The molecular weight excluding hydrogens is 360 g/mol. The Bertz CT molecular complexity index is 995. The summed E-state index contributed by atoms with van der Waals surface area (Å²) in [5.41, 5.74) is 1.56. The monoisotopic (exact) mass is 380 g/mol. The second-order valence-electron chi connectivity index (χ2n) is 5.76. The maximum absolute atomic E-state index is 12.6. The van der Waals surface area contributed by atoms with Crippen molar-refractivity contribution in [3.05, 3.63) is 65.9 Å². The van der Waals surface area contributed by atoms with Gasteiger partial charge in [-0.1, -0.05) is 30.3 Å². The summed E-state index contributed by atoms with van der Waals surface area (Å²) in [7, 11) is 2.50. The zero-order chi connectivity index (χ0) is 20.1. The first-order valence-corrected chi connectivity index (χ1v) is 8.69. The van der Waals surface area contributed by atoms with Gasteiger partial charge in [-0.25, -0.2) is 14.3 Å². The van der Waals surface area contributed by atoms with Crippen LogP contribution in [0.4, 0.5) is 0 Å². The van der Waals surface area contributed by atoms with Crippen LogP contribution in [0.3, 0.4) is 0 Å². The lowest BCUT2D eigenvalue weighted by Gasteiger charge is -2.07. The number of methoxy groups -OCH3 is 2. The van der Waals surface area contributed by atoms with Gasteiger partial charge in [-0.2, -0.15) is 5.10 Å². The fraction of sp³-hybridized carbons (Fsp3) is 0.190. The molecule has 7 nitrogen and oxygen atoms in total. The van der Waals surface area contributed by atoms with E-state index in [1.165, 1.54) is 18.9 Å². The van der Waals surface area contributed by atoms with Crippen molar-refractivity contribution in [2.45, 2.75) is 6.92 Å². The van der Waals surface area contributed by atoms with Gasteiger partial charge in [-0.3, -0.25) is 0 Å². The summed E-state index contributed by atoms with van der Waals surface area (Å²) >= 11 is 0. The Balaban J connectivity index is 2.30. The summed E-state index contributed by atoms with van der Waals surface area (Å²) in [6.45, 7) is 2.38. The second kappa shape index (κ2) is 8.39. The van der Waals surface area contributed by atoms with Crippen LogP contribution >= 0.6 is 0 Å². The standard InChI is InChI=1S/C21H20N2O5/c1-4-28-16-12-8-9-14(13-16)18-17(20(24)26-2)19(21(25)27-3)23(22-18)15-10-6-5-7-11-15/h5-13H,4H2,1-3H3. The minimum Gasteiger partial charge on any atom is -0.494 e. The van der Waals surface area contributed by atoms with Gasteiger partial charge in [0.2, 0.25) is 0 Å². The number of hydrogen-bond donors (Lipinski definition) is 0. The van der Waals surface area contributed by atoms with Gasteiger partial charge in [-0.05, 0) is 31.2 Å². The summed E-state index contributed by atoms with van der Waals surface area (Å²) < 4.78 is 16.8. The van der Waals surface area contributed by atoms with E-state index < -0.39 is 11.9 Å². The number of rotatable bonds is 6. The van der Waals surface area contributed by atoms with Crippen LogP contribution < -0.4 is 4.74 Å². The maximum atomic E-state index is 12.6. The minimum absolute atomic E-state index is 0.00244. The molecule has 1 aromatic heterocycles. The molecule has 144 valence electrons. The fourth-order valence-electron chi connectivity index (χ4n) is 2.86. The van der Waals surface area contributed by atoms with Crippen LogP contribution in [-0.4, -0.2) is 42.5 Å². The molecular formula is C21H20N2O5. The molecule has 3 aromatic rings. The predicted molar refractivity (Wildman–Crippen MR) is 103 cm³/mol. The average Bonchev–Trinajstić information content (AvgIpc) is 3.14. The highest BCUT2D eigenvalue weighted by atomic mass is 16.5. The Morgan fingerprint density at radius 3 is 2.32 bits per heavy atom. The Hall–Kier alpha value is -3.61. The molecule has 0 saturated carbocycles. The van der Waals surface area contributed by atoms with Crippen molar-refractivity contribution in [3.63, 3.8) is 0 Å². The van der Waals surface area contributed by atoms with E-state index in [0.29, 0.717) is 29.3 Å². The molecule has 0 aliphatic carbocycles. The van der Waals surface area contributed by atoms with Crippen LogP contribution in [0.25, 0.3) is 16.9 Å². The fourth-order valence-corrected chi connectivity index (χ4v) is 2.86. The van der Waals surface area contributed by atoms with Crippen molar-refractivity contribution in [1.29, 1.82) is 0 Å². The molecule has 1 heterocycles. The van der Waals surface area contributed by atoms with Crippen LogP contribution in [0.1, 0.15) is 27.8 Å². The lowest BCUT2D eigenvalue weighted by Crippen LogP contribution is -2.15. The van der Waals surface area contributed by atoms with Crippen molar-refractivity contribution >= 4 is 11.9 Å². The molecule has 0 aliphatic heterocycles. The molecule has 7 heteroatoms. The number of nitrogens with zero attached hydrogens (tertiary/aromatic N) is 2. The normalized spacial score (nSPS) is 10.4. The van der Waals surface area contributed by atoms with Crippen molar-refractivity contribution < 1.29 is 23.8 Å². The maximum Gasteiger partial charge on any atom is 0.357 e. The number of carbonyl (C=O) groups excluding carboxylic acids is 2. The van der Waals surface area contributed by atoms with Gasteiger partial charge < -0.3 is 14.2 Å². The van der Waals surface area contributed by atoms with Crippen LogP contribution in [0.2, 0.25) is 0 Å². The second-order valence-corrected chi connectivity index (χ2v) is 5.76. The first-order chi connectivity index (χ1) is 13.6. The first kappa shape index (κ1) is 19.2. The third-order valence-corrected chi connectivity index (χ3v) is 4.07. The molecule has 0 N–H and O–H groups in total. The SMILES string of the molecule is CCOc1cccc(-c2nn(-c3ccccc3)c(C(=O)OC)c2C(=O)OC)c1. The third-order valence-electron chi connectivity index (χ3n) is 4.07. The lowest BCUT2D eigenvalue weighted by atomic mass is 10.1. The quantitative estimate of drug-likeness (QED) is 0.609. The Labute approximate surface area is 162 Å². The molecule has 0 amide bonds. The van der Waals surface area contributed by atoms with E-state index in [0.717, 1.165) is 0 Å². The number of ether oxygens (including phenoxy) is 3. The number of benzene rings is 2. The molecule has 0 aliphatic rings. The van der Waals surface area contributed by atoms with Crippen molar-refractivity contribution in [1.82, 2.24) is 9.78 Å². The summed E-state index contributed by atoms with van der Waals surface area (Å²) in [4.78, 5) is 25.1. The van der Waals surface area contributed by atoms with Gasteiger partial charge in [0, 0.05) is 5.56 Å². The van der Waals surface area contributed by atoms with Crippen molar-refractivity contribution in [2.24, 2.45) is 0 Å². The lowest BCUT2D eigenvalue weighted by molar-refractivity contribution is 0.0549. The summed E-state index contributed by atoms with van der Waals surface area (Å²) in [6.07, 6.45) is 0. The number of carbonyl (C=O) groups is 2. The molecule has 0 bridgehead atoms. The molecule has 0 unspecified atom stereocenters. The van der Waals surface area contributed by atoms with Crippen LogP contribution in [-0.2, 0) is 9.47 Å². The van der Waals surface area contributed by atoms with Gasteiger partial charge in [0.05, 0.1) is 26.5 Å². The van der Waals surface area contributed by atoms with Crippen molar-refractivity contribution in [2.75, 3.05) is 20.8 Å². The van der Waals surface area contributed by atoms with E-state index >= 15 is 0 Å². The van der Waals surface area contributed by atoms with E-state index in [4.69, 9.17) is 14.2 Å².